The lowest BCUT2D eigenvalue weighted by Crippen LogP contribution is -2.44. The molecule has 134 valence electrons. The van der Waals surface area contributed by atoms with Gasteiger partial charge in [-0.1, -0.05) is 31.5 Å². The second-order valence-electron chi connectivity index (χ2n) is 6.40. The van der Waals surface area contributed by atoms with Crippen LogP contribution < -0.4 is 10.6 Å². The summed E-state index contributed by atoms with van der Waals surface area (Å²) in [5, 5.41) is 6.72. The molecule has 0 aliphatic heterocycles. The maximum absolute atomic E-state index is 13.2. The number of aliphatic imine (C=N–C) groups is 1. The van der Waals surface area contributed by atoms with Gasteiger partial charge in [0.05, 0.1) is 0 Å². The highest BCUT2D eigenvalue weighted by Crippen LogP contribution is 2.29. The normalized spacial score (nSPS) is 12.0. The van der Waals surface area contributed by atoms with Crippen LogP contribution >= 0.6 is 11.6 Å². The molecule has 0 saturated carbocycles. The highest BCUT2D eigenvalue weighted by molar-refractivity contribution is 6.31. The molecule has 24 heavy (non-hydrogen) atoms. The lowest BCUT2D eigenvalue weighted by atomic mass is 9.84. The Kier molecular flexibility index (Phi) is 7.48. The lowest BCUT2D eigenvalue weighted by molar-refractivity contribution is -0.128. The number of hydrogen-bond donors (Lipinski definition) is 2. The summed E-state index contributed by atoms with van der Waals surface area (Å²) in [6.45, 7) is 5.08. The van der Waals surface area contributed by atoms with E-state index in [2.05, 4.69) is 15.6 Å². The molecule has 0 fully saturated rings. The van der Waals surface area contributed by atoms with Crippen molar-refractivity contribution in [3.05, 3.63) is 34.6 Å². The Morgan fingerprint density at radius 1 is 1.33 bits per heavy atom. The van der Waals surface area contributed by atoms with Gasteiger partial charge < -0.3 is 15.5 Å². The summed E-state index contributed by atoms with van der Waals surface area (Å²) in [5.74, 6) is 0.305. The first-order chi connectivity index (χ1) is 11.2. The van der Waals surface area contributed by atoms with Crippen molar-refractivity contribution in [1.82, 2.24) is 15.5 Å². The molecule has 0 unspecified atom stereocenters. The number of halogens is 2. The fraction of sp³-hybridized carbons (Fsp3) is 0.529. The molecule has 0 heterocycles. The van der Waals surface area contributed by atoms with Crippen molar-refractivity contribution in [1.29, 1.82) is 0 Å². The molecule has 0 spiro atoms. The minimum atomic E-state index is -0.351. The van der Waals surface area contributed by atoms with E-state index in [1.807, 2.05) is 13.8 Å². The summed E-state index contributed by atoms with van der Waals surface area (Å²) in [6, 6.07) is 4.42. The summed E-state index contributed by atoms with van der Waals surface area (Å²) in [4.78, 5) is 17.3. The smallest absolute Gasteiger partial charge is 0.223 e. The first kappa shape index (κ1) is 20.2. The number of rotatable bonds is 6. The Hall–Kier alpha value is -1.82. The van der Waals surface area contributed by atoms with Crippen LogP contribution in [0.1, 0.15) is 25.8 Å². The van der Waals surface area contributed by atoms with E-state index in [1.54, 1.807) is 32.1 Å². The second-order valence-corrected chi connectivity index (χ2v) is 6.81. The molecule has 0 bridgehead atoms. The monoisotopic (exact) mass is 356 g/mol. The van der Waals surface area contributed by atoms with E-state index in [-0.39, 0.29) is 17.1 Å². The van der Waals surface area contributed by atoms with Crippen molar-refractivity contribution in [3.8, 4) is 0 Å². The molecule has 1 amide bonds. The molecule has 0 aliphatic carbocycles. The third kappa shape index (κ3) is 6.00. The van der Waals surface area contributed by atoms with Crippen molar-refractivity contribution in [3.63, 3.8) is 0 Å². The number of guanidine groups is 1. The lowest BCUT2D eigenvalue weighted by Gasteiger charge is -2.27. The van der Waals surface area contributed by atoms with Crippen LogP contribution in [0, 0.1) is 5.82 Å². The average molecular weight is 357 g/mol. The van der Waals surface area contributed by atoms with Crippen LogP contribution in [0.25, 0.3) is 0 Å². The number of carbonyl (C=O) groups excluding carboxylic acids is 1. The number of hydrogen-bond acceptors (Lipinski definition) is 2. The SMILES string of the molecule is CN=C(NCCC(=O)N(C)C)NCC(C)(C)c1ccc(F)cc1Cl. The number of nitrogens with one attached hydrogen (secondary N) is 2. The summed E-state index contributed by atoms with van der Waals surface area (Å²) in [5.41, 5.74) is 0.540. The van der Waals surface area contributed by atoms with Gasteiger partial charge in [0.2, 0.25) is 5.91 Å². The molecule has 0 radical (unpaired) electrons. The van der Waals surface area contributed by atoms with E-state index in [9.17, 15) is 9.18 Å². The molecule has 1 aromatic carbocycles. The van der Waals surface area contributed by atoms with E-state index in [4.69, 9.17) is 11.6 Å². The molecular weight excluding hydrogens is 331 g/mol. The van der Waals surface area contributed by atoms with Crippen LogP contribution in [0.4, 0.5) is 4.39 Å². The van der Waals surface area contributed by atoms with Gasteiger partial charge in [0.25, 0.3) is 0 Å². The molecule has 5 nitrogen and oxygen atoms in total. The summed E-state index contributed by atoms with van der Waals surface area (Å²) >= 11 is 6.16. The van der Waals surface area contributed by atoms with Gasteiger partial charge in [-0.25, -0.2) is 4.39 Å². The third-order valence-electron chi connectivity index (χ3n) is 3.71. The van der Waals surface area contributed by atoms with E-state index in [0.717, 1.165) is 5.56 Å². The van der Waals surface area contributed by atoms with Gasteiger partial charge in [-0.2, -0.15) is 0 Å². The summed E-state index contributed by atoms with van der Waals surface area (Å²) in [7, 11) is 5.12. The topological polar surface area (TPSA) is 56.7 Å². The van der Waals surface area contributed by atoms with Crippen molar-refractivity contribution < 1.29 is 9.18 Å². The van der Waals surface area contributed by atoms with Gasteiger partial charge in [-0.05, 0) is 17.7 Å². The van der Waals surface area contributed by atoms with Gasteiger partial charge in [0.15, 0.2) is 5.96 Å². The quantitative estimate of drug-likeness (QED) is 0.608. The number of amides is 1. The zero-order chi connectivity index (χ0) is 18.3. The first-order valence-electron chi connectivity index (χ1n) is 7.77. The Morgan fingerprint density at radius 2 is 2.00 bits per heavy atom. The van der Waals surface area contributed by atoms with Gasteiger partial charge in [-0.3, -0.25) is 9.79 Å². The molecule has 1 aromatic rings. The van der Waals surface area contributed by atoms with Gasteiger partial charge in [0, 0.05) is 51.1 Å². The Labute approximate surface area is 148 Å². The second kappa shape index (κ2) is 8.87. The molecule has 2 N–H and O–H groups in total. The zero-order valence-electron chi connectivity index (χ0n) is 14.9. The van der Waals surface area contributed by atoms with Crippen LogP contribution in [0.2, 0.25) is 5.02 Å². The van der Waals surface area contributed by atoms with Crippen LogP contribution in [0.3, 0.4) is 0 Å². The minimum absolute atomic E-state index is 0.0522. The van der Waals surface area contributed by atoms with Crippen LogP contribution in [0.5, 0.6) is 0 Å². The van der Waals surface area contributed by atoms with Gasteiger partial charge >= 0.3 is 0 Å². The molecule has 1 rings (SSSR count). The molecular formula is C17H26ClFN4O. The molecule has 0 saturated heterocycles. The minimum Gasteiger partial charge on any atom is -0.356 e. The van der Waals surface area contributed by atoms with Crippen LogP contribution in [-0.4, -0.2) is 51.0 Å². The van der Waals surface area contributed by atoms with E-state index in [1.165, 1.54) is 12.1 Å². The standard InChI is InChI=1S/C17H26ClFN4O/c1-17(2,13-7-6-12(19)10-14(13)18)11-22-16(20-3)21-9-8-15(24)23(4)5/h6-7,10H,8-9,11H2,1-5H3,(H2,20,21,22). The van der Waals surface area contributed by atoms with Crippen LogP contribution in [0.15, 0.2) is 23.2 Å². The van der Waals surface area contributed by atoms with E-state index >= 15 is 0 Å². The molecule has 0 atom stereocenters. The Bertz CT molecular complexity index is 602. The maximum atomic E-state index is 13.2. The highest BCUT2D eigenvalue weighted by atomic mass is 35.5. The predicted octanol–water partition coefficient (Wildman–Crippen LogP) is 2.40. The van der Waals surface area contributed by atoms with Crippen molar-refractivity contribution in [2.24, 2.45) is 4.99 Å². The Morgan fingerprint density at radius 3 is 2.54 bits per heavy atom. The maximum Gasteiger partial charge on any atom is 0.223 e. The number of benzene rings is 1. The summed E-state index contributed by atoms with van der Waals surface area (Å²) in [6.07, 6.45) is 0.390. The highest BCUT2D eigenvalue weighted by Gasteiger charge is 2.24. The number of carbonyl (C=O) groups is 1. The fourth-order valence-corrected chi connectivity index (χ4v) is 2.59. The average Bonchev–Trinajstić information content (AvgIpc) is 2.49. The van der Waals surface area contributed by atoms with Crippen molar-refractivity contribution in [2.45, 2.75) is 25.7 Å². The number of nitrogens with zero attached hydrogens (tertiary/aromatic N) is 2. The predicted molar refractivity (Wildman–Crippen MR) is 97.1 cm³/mol. The molecule has 0 aliphatic rings. The van der Waals surface area contributed by atoms with Crippen molar-refractivity contribution in [2.75, 3.05) is 34.2 Å². The van der Waals surface area contributed by atoms with Crippen molar-refractivity contribution >= 4 is 23.5 Å². The van der Waals surface area contributed by atoms with Gasteiger partial charge in [0.1, 0.15) is 5.82 Å². The first-order valence-corrected chi connectivity index (χ1v) is 8.15. The molecule has 0 aromatic heterocycles. The van der Waals surface area contributed by atoms with Gasteiger partial charge in [-0.15, -0.1) is 0 Å². The Balaban J connectivity index is 2.59. The van der Waals surface area contributed by atoms with E-state index < -0.39 is 0 Å². The molecule has 7 heteroatoms. The van der Waals surface area contributed by atoms with E-state index in [0.29, 0.717) is 30.5 Å². The summed E-state index contributed by atoms with van der Waals surface area (Å²) < 4.78 is 13.2. The third-order valence-corrected chi connectivity index (χ3v) is 4.02. The van der Waals surface area contributed by atoms with Crippen LogP contribution in [-0.2, 0) is 10.2 Å². The largest absolute Gasteiger partial charge is 0.356 e. The zero-order valence-corrected chi connectivity index (χ0v) is 15.7. The fourth-order valence-electron chi connectivity index (χ4n) is 2.17.